The van der Waals surface area contributed by atoms with Crippen molar-refractivity contribution in [2.24, 2.45) is 0 Å². The highest BCUT2D eigenvalue weighted by atomic mass is 16.5. The molecule has 51 heavy (non-hydrogen) atoms. The second kappa shape index (κ2) is 11.3. The van der Waals surface area contributed by atoms with Gasteiger partial charge in [-0.25, -0.2) is 0 Å². The monoisotopic (exact) mass is 653 g/mol. The highest BCUT2D eigenvalue weighted by Crippen LogP contribution is 2.58. The molecular weight excluding hydrogens is 619 g/mol. The molecule has 0 saturated carbocycles. The summed E-state index contributed by atoms with van der Waals surface area (Å²) < 4.78 is 6.64. The van der Waals surface area contributed by atoms with Crippen molar-refractivity contribution in [1.29, 1.82) is 0 Å². The molecule has 2 heteroatoms. The molecule has 0 N–H and O–H groups in total. The van der Waals surface area contributed by atoms with Crippen LogP contribution in [0.1, 0.15) is 25.0 Å². The zero-order valence-corrected chi connectivity index (χ0v) is 28.6. The van der Waals surface area contributed by atoms with Crippen molar-refractivity contribution in [3.63, 3.8) is 0 Å². The van der Waals surface area contributed by atoms with Crippen molar-refractivity contribution in [1.82, 2.24) is 0 Å². The molecule has 2 nitrogen and oxygen atoms in total. The molecule has 1 aliphatic carbocycles. The number of rotatable bonds is 5. The molecule has 0 saturated heterocycles. The highest BCUT2D eigenvalue weighted by Gasteiger charge is 2.40. The van der Waals surface area contributed by atoms with E-state index in [9.17, 15) is 0 Å². The summed E-state index contributed by atoms with van der Waals surface area (Å²) in [5, 5.41) is 9.71. The Morgan fingerprint density at radius 1 is 0.412 bits per heavy atom. The molecule has 0 fully saturated rings. The standard InChI is InChI=1S/C49H35NO/c1-49(2)43-30-45(50(36-26-24-32-14-6-8-16-34(32)28-36)37-27-25-33-15-7-9-17-35(33)29-37)39-20-10-12-22-41(39)47(43)48-42-23-13-11-21-40(42)46(31-44(48)49)51-38-18-4-3-5-19-38/h3-31H,1-2H3. The molecule has 10 rings (SSSR count). The average molecular weight is 654 g/mol. The summed E-state index contributed by atoms with van der Waals surface area (Å²) in [7, 11) is 0. The second-order valence-electron chi connectivity index (χ2n) is 14.1. The largest absolute Gasteiger partial charge is 0.457 e. The lowest BCUT2D eigenvalue weighted by atomic mass is 9.81. The third kappa shape index (κ3) is 4.64. The molecule has 0 bridgehead atoms. The minimum absolute atomic E-state index is 0.291. The van der Waals surface area contributed by atoms with Crippen molar-refractivity contribution < 1.29 is 4.74 Å². The molecule has 242 valence electrons. The van der Waals surface area contributed by atoms with Crippen molar-refractivity contribution in [2.45, 2.75) is 19.3 Å². The summed E-state index contributed by atoms with van der Waals surface area (Å²) in [4.78, 5) is 2.46. The Labute approximate surface area is 297 Å². The Morgan fingerprint density at radius 3 is 1.49 bits per heavy atom. The Balaban J connectivity index is 1.26. The van der Waals surface area contributed by atoms with Crippen molar-refractivity contribution in [2.75, 3.05) is 4.90 Å². The number of para-hydroxylation sites is 1. The maximum Gasteiger partial charge on any atom is 0.135 e. The fourth-order valence-electron chi connectivity index (χ4n) is 8.31. The van der Waals surface area contributed by atoms with Gasteiger partial charge >= 0.3 is 0 Å². The molecule has 0 aliphatic heterocycles. The zero-order valence-electron chi connectivity index (χ0n) is 28.6. The van der Waals surface area contributed by atoms with Gasteiger partial charge in [-0.2, -0.15) is 0 Å². The summed E-state index contributed by atoms with van der Waals surface area (Å²) in [6.45, 7) is 4.74. The van der Waals surface area contributed by atoms with Gasteiger partial charge in [0.25, 0.3) is 0 Å². The van der Waals surface area contributed by atoms with E-state index in [1.54, 1.807) is 0 Å². The van der Waals surface area contributed by atoms with Crippen LogP contribution >= 0.6 is 0 Å². The van der Waals surface area contributed by atoms with E-state index < -0.39 is 0 Å². The van der Waals surface area contributed by atoms with E-state index in [2.05, 4.69) is 164 Å². The molecule has 0 aromatic heterocycles. The van der Waals surface area contributed by atoms with Crippen LogP contribution in [-0.4, -0.2) is 0 Å². The maximum absolute atomic E-state index is 6.64. The SMILES string of the molecule is CC1(C)c2cc(Oc3ccccc3)c3ccccc3c2-c2c1cc(N(c1ccc3ccccc3c1)c1ccc3ccccc3c1)c1ccccc21. The third-order valence-electron chi connectivity index (χ3n) is 10.8. The van der Waals surface area contributed by atoms with Gasteiger partial charge in [0.05, 0.1) is 5.69 Å². The highest BCUT2D eigenvalue weighted by molar-refractivity contribution is 6.16. The lowest BCUT2D eigenvalue weighted by Crippen LogP contribution is -2.17. The summed E-state index contributed by atoms with van der Waals surface area (Å²) in [6.07, 6.45) is 0. The van der Waals surface area contributed by atoms with E-state index in [-0.39, 0.29) is 5.41 Å². The molecular formula is C49H35NO. The first-order chi connectivity index (χ1) is 25.0. The van der Waals surface area contributed by atoms with Gasteiger partial charge < -0.3 is 9.64 Å². The molecule has 0 amide bonds. The van der Waals surface area contributed by atoms with Crippen LogP contribution in [-0.2, 0) is 5.41 Å². The van der Waals surface area contributed by atoms with Crippen LogP contribution in [0.15, 0.2) is 176 Å². The van der Waals surface area contributed by atoms with Crippen LogP contribution in [0.4, 0.5) is 17.1 Å². The van der Waals surface area contributed by atoms with E-state index in [0.717, 1.165) is 28.3 Å². The van der Waals surface area contributed by atoms with Crippen molar-refractivity contribution in [3.05, 3.63) is 187 Å². The van der Waals surface area contributed by atoms with Crippen molar-refractivity contribution in [3.8, 4) is 22.6 Å². The summed E-state index contributed by atoms with van der Waals surface area (Å²) in [5.74, 6) is 1.72. The minimum atomic E-state index is -0.291. The molecule has 0 spiro atoms. The smallest absolute Gasteiger partial charge is 0.135 e. The van der Waals surface area contributed by atoms with Gasteiger partial charge in [0.15, 0.2) is 0 Å². The number of anilines is 3. The molecule has 0 radical (unpaired) electrons. The van der Waals surface area contributed by atoms with Crippen LogP contribution in [0.5, 0.6) is 11.5 Å². The number of nitrogens with zero attached hydrogens (tertiary/aromatic N) is 1. The number of fused-ring (bicyclic) bond motifs is 9. The Bertz CT molecular complexity index is 2740. The second-order valence-corrected chi connectivity index (χ2v) is 14.1. The molecule has 0 atom stereocenters. The molecule has 9 aromatic carbocycles. The number of ether oxygens (including phenoxy) is 1. The van der Waals surface area contributed by atoms with Crippen molar-refractivity contribution >= 4 is 60.2 Å². The predicted octanol–water partition coefficient (Wildman–Crippen LogP) is 13.9. The number of hydrogen-bond acceptors (Lipinski definition) is 2. The third-order valence-corrected chi connectivity index (χ3v) is 10.8. The Kier molecular flexibility index (Phi) is 6.56. The van der Waals surface area contributed by atoms with Crippen LogP contribution in [0.2, 0.25) is 0 Å². The molecule has 9 aromatic rings. The van der Waals surface area contributed by atoms with Gasteiger partial charge in [-0.15, -0.1) is 0 Å². The summed E-state index contributed by atoms with van der Waals surface area (Å²) in [5.41, 5.74) is 8.36. The molecule has 1 aliphatic rings. The molecule has 0 heterocycles. The number of hydrogen-bond donors (Lipinski definition) is 0. The van der Waals surface area contributed by atoms with Gasteiger partial charge in [0.2, 0.25) is 0 Å². The minimum Gasteiger partial charge on any atom is -0.457 e. The molecule has 0 unspecified atom stereocenters. The summed E-state index contributed by atoms with van der Waals surface area (Å²) in [6, 6.07) is 63.5. The first-order valence-corrected chi connectivity index (χ1v) is 17.7. The Morgan fingerprint density at radius 2 is 0.882 bits per heavy atom. The lowest BCUT2D eigenvalue weighted by Gasteiger charge is -2.30. The van der Waals surface area contributed by atoms with E-state index in [1.807, 2.05) is 30.3 Å². The topological polar surface area (TPSA) is 12.5 Å². The predicted molar refractivity (Wildman–Crippen MR) is 215 cm³/mol. The zero-order chi connectivity index (χ0) is 34.1. The van der Waals surface area contributed by atoms with Gasteiger partial charge in [-0.1, -0.05) is 141 Å². The first-order valence-electron chi connectivity index (χ1n) is 17.7. The van der Waals surface area contributed by atoms with Gasteiger partial charge in [0.1, 0.15) is 11.5 Å². The van der Waals surface area contributed by atoms with Crippen LogP contribution in [0, 0.1) is 0 Å². The van der Waals surface area contributed by atoms with Crippen LogP contribution < -0.4 is 9.64 Å². The normalized spacial score (nSPS) is 13.1. The van der Waals surface area contributed by atoms with E-state index in [1.165, 1.54) is 65.6 Å². The lowest BCUT2D eigenvalue weighted by molar-refractivity contribution is 0.486. The van der Waals surface area contributed by atoms with Crippen LogP contribution in [0.3, 0.4) is 0 Å². The quantitative estimate of drug-likeness (QED) is 0.183. The maximum atomic E-state index is 6.64. The Hall–Kier alpha value is -6.38. The average Bonchev–Trinajstić information content (AvgIpc) is 3.41. The van der Waals surface area contributed by atoms with Gasteiger partial charge in [-0.05, 0) is 103 Å². The number of benzene rings is 9. The fraction of sp³-hybridized carbons (Fsp3) is 0.0612. The van der Waals surface area contributed by atoms with E-state index in [0.29, 0.717) is 0 Å². The van der Waals surface area contributed by atoms with Crippen LogP contribution in [0.25, 0.3) is 54.2 Å². The van der Waals surface area contributed by atoms with Gasteiger partial charge in [0, 0.05) is 27.6 Å². The van der Waals surface area contributed by atoms with Gasteiger partial charge in [-0.3, -0.25) is 0 Å². The fourth-order valence-corrected chi connectivity index (χ4v) is 8.31. The van der Waals surface area contributed by atoms with E-state index in [4.69, 9.17) is 4.74 Å². The van der Waals surface area contributed by atoms with E-state index >= 15 is 0 Å². The summed E-state index contributed by atoms with van der Waals surface area (Å²) >= 11 is 0. The first kappa shape index (κ1) is 29.5.